The van der Waals surface area contributed by atoms with Gasteiger partial charge in [0.15, 0.2) is 11.6 Å². The number of unbranched alkanes of at least 4 members (excludes halogenated alkanes) is 4. The fourth-order valence-electron chi connectivity index (χ4n) is 3.09. The summed E-state index contributed by atoms with van der Waals surface area (Å²) in [6.07, 6.45) is 13.8. The third kappa shape index (κ3) is 9.41. The van der Waals surface area contributed by atoms with Gasteiger partial charge >= 0.3 is 11.9 Å². The van der Waals surface area contributed by atoms with Crippen LogP contribution in [0.5, 0.6) is 5.75 Å². The SMILES string of the molecule is CCCCCC/C=C/C(=O)Oc1cnc(-c2ccc(CCC(C)OC(=O)CC)cc2)nc1. The van der Waals surface area contributed by atoms with Crippen LogP contribution in [0.2, 0.25) is 0 Å². The van der Waals surface area contributed by atoms with Crippen LogP contribution in [0, 0.1) is 0 Å². The first-order valence-electron chi connectivity index (χ1n) is 11.5. The monoisotopic (exact) mass is 438 g/mol. The highest BCUT2D eigenvalue weighted by atomic mass is 16.5. The Morgan fingerprint density at radius 2 is 1.75 bits per heavy atom. The van der Waals surface area contributed by atoms with Gasteiger partial charge in [-0.3, -0.25) is 4.79 Å². The topological polar surface area (TPSA) is 78.4 Å². The smallest absolute Gasteiger partial charge is 0.335 e. The van der Waals surface area contributed by atoms with Crippen molar-refractivity contribution in [2.45, 2.75) is 78.2 Å². The van der Waals surface area contributed by atoms with E-state index < -0.39 is 5.97 Å². The summed E-state index contributed by atoms with van der Waals surface area (Å²) in [5.74, 6) is 0.298. The number of aryl methyl sites for hydroxylation is 1. The lowest BCUT2D eigenvalue weighted by molar-refractivity contribution is -0.148. The predicted molar refractivity (Wildman–Crippen MR) is 125 cm³/mol. The van der Waals surface area contributed by atoms with Gasteiger partial charge < -0.3 is 9.47 Å². The van der Waals surface area contributed by atoms with Crippen LogP contribution < -0.4 is 4.74 Å². The van der Waals surface area contributed by atoms with Crippen LogP contribution in [0.25, 0.3) is 11.4 Å². The minimum Gasteiger partial charge on any atom is -0.463 e. The van der Waals surface area contributed by atoms with E-state index in [4.69, 9.17) is 9.47 Å². The molecular formula is C26H34N2O4. The molecule has 0 aliphatic heterocycles. The van der Waals surface area contributed by atoms with Crippen LogP contribution in [0.3, 0.4) is 0 Å². The maximum Gasteiger partial charge on any atom is 0.335 e. The van der Waals surface area contributed by atoms with Crippen molar-refractivity contribution in [3.05, 3.63) is 54.4 Å². The van der Waals surface area contributed by atoms with Crippen LogP contribution in [0.4, 0.5) is 0 Å². The second kappa shape index (κ2) is 14.1. The molecule has 1 atom stereocenters. The van der Waals surface area contributed by atoms with E-state index in [1.54, 1.807) is 6.92 Å². The number of ether oxygens (including phenoxy) is 2. The van der Waals surface area contributed by atoms with Crippen LogP contribution >= 0.6 is 0 Å². The summed E-state index contributed by atoms with van der Waals surface area (Å²) < 4.78 is 10.6. The van der Waals surface area contributed by atoms with Crippen LogP contribution in [-0.4, -0.2) is 28.0 Å². The zero-order chi connectivity index (χ0) is 23.2. The van der Waals surface area contributed by atoms with Gasteiger partial charge in [-0.05, 0) is 38.2 Å². The third-order valence-corrected chi connectivity index (χ3v) is 5.00. The normalized spacial score (nSPS) is 12.0. The quantitative estimate of drug-likeness (QED) is 0.222. The van der Waals surface area contributed by atoms with Crippen LogP contribution in [-0.2, 0) is 20.7 Å². The van der Waals surface area contributed by atoms with Crippen molar-refractivity contribution in [2.75, 3.05) is 0 Å². The van der Waals surface area contributed by atoms with Gasteiger partial charge in [-0.25, -0.2) is 14.8 Å². The van der Waals surface area contributed by atoms with Crippen LogP contribution in [0.1, 0.15) is 71.3 Å². The van der Waals surface area contributed by atoms with Crippen molar-refractivity contribution in [3.8, 4) is 17.1 Å². The van der Waals surface area contributed by atoms with E-state index in [-0.39, 0.29) is 12.1 Å². The zero-order valence-corrected chi connectivity index (χ0v) is 19.4. The van der Waals surface area contributed by atoms with E-state index in [2.05, 4.69) is 16.9 Å². The van der Waals surface area contributed by atoms with Crippen molar-refractivity contribution >= 4 is 11.9 Å². The average molecular weight is 439 g/mol. The molecule has 172 valence electrons. The van der Waals surface area contributed by atoms with E-state index in [1.165, 1.54) is 37.7 Å². The molecule has 0 saturated heterocycles. The van der Waals surface area contributed by atoms with E-state index in [0.717, 1.165) is 36.8 Å². The standard InChI is InChI=1S/C26H34N2O4/c1-4-6-7-8-9-10-11-25(30)32-23-18-27-26(28-19-23)22-16-14-21(15-17-22)13-12-20(3)31-24(29)5-2/h10-11,14-20H,4-9,12-13H2,1-3H3/b11-10+. The molecule has 0 amide bonds. The van der Waals surface area contributed by atoms with E-state index in [0.29, 0.717) is 18.0 Å². The lowest BCUT2D eigenvalue weighted by Crippen LogP contribution is -2.14. The summed E-state index contributed by atoms with van der Waals surface area (Å²) in [5, 5.41) is 0. The molecule has 0 bridgehead atoms. The minimum atomic E-state index is -0.417. The van der Waals surface area contributed by atoms with Gasteiger partial charge in [0.05, 0.1) is 18.5 Å². The lowest BCUT2D eigenvalue weighted by atomic mass is 10.1. The Morgan fingerprint density at radius 1 is 1.03 bits per heavy atom. The van der Waals surface area contributed by atoms with Crippen molar-refractivity contribution < 1.29 is 19.1 Å². The van der Waals surface area contributed by atoms with Gasteiger partial charge in [-0.2, -0.15) is 0 Å². The summed E-state index contributed by atoms with van der Waals surface area (Å²) >= 11 is 0. The number of rotatable bonds is 13. The number of esters is 2. The first kappa shape index (κ1) is 25.2. The molecule has 32 heavy (non-hydrogen) atoms. The lowest BCUT2D eigenvalue weighted by Gasteiger charge is -2.12. The summed E-state index contributed by atoms with van der Waals surface area (Å²) in [7, 11) is 0. The second-order valence-electron chi connectivity index (χ2n) is 7.80. The molecule has 0 spiro atoms. The Balaban J connectivity index is 1.81. The number of hydrogen-bond donors (Lipinski definition) is 0. The van der Waals surface area contributed by atoms with Crippen molar-refractivity contribution in [2.24, 2.45) is 0 Å². The number of benzene rings is 1. The van der Waals surface area contributed by atoms with Crippen molar-refractivity contribution in [3.63, 3.8) is 0 Å². The van der Waals surface area contributed by atoms with Gasteiger partial charge in [0.2, 0.25) is 0 Å². The molecule has 2 rings (SSSR count). The molecule has 0 fully saturated rings. The van der Waals surface area contributed by atoms with Gasteiger partial charge in [-0.1, -0.05) is 63.5 Å². The minimum absolute atomic E-state index is 0.100. The number of aromatic nitrogens is 2. The van der Waals surface area contributed by atoms with Gasteiger partial charge in [0.25, 0.3) is 0 Å². The Labute approximate surface area is 191 Å². The Kier molecular flexibility index (Phi) is 11.1. The molecule has 2 aromatic rings. The molecule has 0 aliphatic carbocycles. The van der Waals surface area contributed by atoms with Gasteiger partial charge in [0.1, 0.15) is 0 Å². The number of carbonyl (C=O) groups excluding carboxylic acids is 2. The average Bonchev–Trinajstić information content (AvgIpc) is 2.81. The first-order valence-corrected chi connectivity index (χ1v) is 11.5. The van der Waals surface area contributed by atoms with E-state index >= 15 is 0 Å². The fraction of sp³-hybridized carbons (Fsp3) is 0.462. The fourth-order valence-corrected chi connectivity index (χ4v) is 3.09. The molecule has 1 unspecified atom stereocenters. The number of hydrogen-bond acceptors (Lipinski definition) is 6. The molecular weight excluding hydrogens is 404 g/mol. The van der Waals surface area contributed by atoms with Crippen molar-refractivity contribution in [1.29, 1.82) is 0 Å². The Morgan fingerprint density at radius 3 is 2.41 bits per heavy atom. The molecule has 1 aromatic heterocycles. The van der Waals surface area contributed by atoms with Gasteiger partial charge in [0, 0.05) is 18.1 Å². The molecule has 0 saturated carbocycles. The molecule has 6 heteroatoms. The van der Waals surface area contributed by atoms with Crippen molar-refractivity contribution in [1.82, 2.24) is 9.97 Å². The Bertz CT molecular complexity index is 860. The maximum atomic E-state index is 11.9. The predicted octanol–water partition coefficient (Wildman–Crippen LogP) is 5.85. The maximum absolute atomic E-state index is 11.9. The largest absolute Gasteiger partial charge is 0.463 e. The summed E-state index contributed by atoms with van der Waals surface area (Å²) in [6, 6.07) is 7.96. The Hall–Kier alpha value is -3.02. The zero-order valence-electron chi connectivity index (χ0n) is 19.4. The molecule has 1 heterocycles. The second-order valence-corrected chi connectivity index (χ2v) is 7.80. The van der Waals surface area contributed by atoms with E-state index in [1.807, 2.05) is 37.3 Å². The number of carbonyl (C=O) groups is 2. The first-order chi connectivity index (χ1) is 15.5. The highest BCUT2D eigenvalue weighted by Gasteiger charge is 2.09. The molecule has 1 aromatic carbocycles. The molecule has 6 nitrogen and oxygen atoms in total. The summed E-state index contributed by atoms with van der Waals surface area (Å²) in [6.45, 7) is 5.88. The van der Waals surface area contributed by atoms with Crippen LogP contribution in [0.15, 0.2) is 48.8 Å². The number of allylic oxidation sites excluding steroid dienone is 1. The molecule has 0 radical (unpaired) electrons. The summed E-state index contributed by atoms with van der Waals surface area (Å²) in [5.41, 5.74) is 2.03. The summed E-state index contributed by atoms with van der Waals surface area (Å²) in [4.78, 5) is 31.8. The third-order valence-electron chi connectivity index (χ3n) is 5.00. The van der Waals surface area contributed by atoms with Gasteiger partial charge in [-0.15, -0.1) is 0 Å². The number of nitrogens with zero attached hydrogens (tertiary/aromatic N) is 2. The highest BCUT2D eigenvalue weighted by molar-refractivity contribution is 5.83. The highest BCUT2D eigenvalue weighted by Crippen LogP contribution is 2.18. The molecule has 0 aliphatic rings. The van der Waals surface area contributed by atoms with E-state index in [9.17, 15) is 9.59 Å². The molecule has 0 N–H and O–H groups in total.